The fraction of sp³-hybridized carbons (Fsp3) is 0.212. The summed E-state index contributed by atoms with van der Waals surface area (Å²) >= 11 is 25.1. The van der Waals surface area contributed by atoms with Crippen LogP contribution < -0.4 is 9.62 Å². The molecule has 4 aromatic carbocycles. The van der Waals surface area contributed by atoms with E-state index in [1.807, 2.05) is 37.3 Å². The van der Waals surface area contributed by atoms with Gasteiger partial charge >= 0.3 is 0 Å². The number of rotatable bonds is 13. The third-order valence-corrected chi connectivity index (χ3v) is 10.00. The molecular weight excluding hydrogens is 676 g/mol. The maximum absolute atomic E-state index is 14.5. The van der Waals surface area contributed by atoms with Crippen LogP contribution in [0.5, 0.6) is 0 Å². The molecule has 2 amide bonds. The van der Waals surface area contributed by atoms with Crippen LogP contribution >= 0.6 is 46.4 Å². The Morgan fingerprint density at radius 3 is 2.07 bits per heavy atom. The van der Waals surface area contributed by atoms with Crippen LogP contribution in [0.2, 0.25) is 20.1 Å². The molecule has 7 nitrogen and oxygen atoms in total. The smallest absolute Gasteiger partial charge is 0.264 e. The second kappa shape index (κ2) is 15.8. The Labute approximate surface area is 283 Å². The van der Waals surface area contributed by atoms with Crippen LogP contribution in [-0.2, 0) is 32.6 Å². The van der Waals surface area contributed by atoms with E-state index in [9.17, 15) is 18.0 Å². The van der Waals surface area contributed by atoms with E-state index in [4.69, 9.17) is 46.4 Å². The molecule has 0 heterocycles. The maximum Gasteiger partial charge on any atom is 0.264 e. The number of benzene rings is 4. The van der Waals surface area contributed by atoms with E-state index < -0.39 is 28.5 Å². The van der Waals surface area contributed by atoms with E-state index >= 15 is 0 Å². The number of carbonyl (C=O) groups is 2. The SMILES string of the molecule is CCCNC(=O)C(Cc1ccccc1)N(Cc1ccc(Cl)c(Cl)c1)C(=O)CN(c1ccc(Cl)cc1Cl)S(=O)(=O)c1ccccc1. The molecule has 4 aromatic rings. The van der Waals surface area contributed by atoms with Crippen molar-refractivity contribution in [2.24, 2.45) is 0 Å². The molecule has 0 aliphatic heterocycles. The summed E-state index contributed by atoms with van der Waals surface area (Å²) in [7, 11) is -4.30. The predicted molar refractivity (Wildman–Crippen MR) is 182 cm³/mol. The van der Waals surface area contributed by atoms with Crippen molar-refractivity contribution in [1.29, 1.82) is 0 Å². The monoisotopic (exact) mass is 705 g/mol. The van der Waals surface area contributed by atoms with Gasteiger partial charge in [0.1, 0.15) is 12.6 Å². The lowest BCUT2D eigenvalue weighted by Gasteiger charge is -2.34. The van der Waals surface area contributed by atoms with E-state index in [0.29, 0.717) is 28.6 Å². The molecule has 0 spiro atoms. The summed E-state index contributed by atoms with van der Waals surface area (Å²) in [6.07, 6.45) is 0.860. The van der Waals surface area contributed by atoms with Gasteiger partial charge in [-0.25, -0.2) is 8.42 Å². The molecule has 0 saturated heterocycles. The minimum atomic E-state index is -4.30. The lowest BCUT2D eigenvalue weighted by atomic mass is 10.0. The molecule has 45 heavy (non-hydrogen) atoms. The number of nitrogens with one attached hydrogen (secondary N) is 1. The van der Waals surface area contributed by atoms with Crippen LogP contribution in [0.15, 0.2) is 102 Å². The van der Waals surface area contributed by atoms with Crippen molar-refractivity contribution in [3.05, 3.63) is 128 Å². The standard InChI is InChI=1S/C33H31Cl4N3O4S/c1-2-17-38-33(42)31(19-23-9-5-3-6-10-23)39(21-24-13-15-27(35)28(36)18-24)32(41)22-40(30-16-14-25(34)20-29(30)37)45(43,44)26-11-7-4-8-12-26/h3-16,18,20,31H,2,17,19,21-22H2,1H3,(H,38,42). The Morgan fingerprint density at radius 1 is 0.778 bits per heavy atom. The minimum absolute atomic E-state index is 0.0346. The average molecular weight is 708 g/mol. The van der Waals surface area contributed by atoms with Gasteiger partial charge in [-0.2, -0.15) is 0 Å². The topological polar surface area (TPSA) is 86.8 Å². The molecule has 0 aromatic heterocycles. The zero-order valence-corrected chi connectivity index (χ0v) is 28.1. The first kappa shape index (κ1) is 34.6. The second-order valence-corrected chi connectivity index (χ2v) is 13.7. The number of carbonyl (C=O) groups excluding carboxylic acids is 2. The summed E-state index contributed by atoms with van der Waals surface area (Å²) in [5.74, 6) is -1.02. The van der Waals surface area contributed by atoms with E-state index in [1.165, 1.54) is 35.2 Å². The Hall–Kier alpha value is -3.27. The van der Waals surface area contributed by atoms with Crippen molar-refractivity contribution < 1.29 is 18.0 Å². The quantitative estimate of drug-likeness (QED) is 0.155. The predicted octanol–water partition coefficient (Wildman–Crippen LogP) is 7.66. The van der Waals surface area contributed by atoms with Crippen LogP contribution in [0.3, 0.4) is 0 Å². The van der Waals surface area contributed by atoms with Crippen LogP contribution in [0.1, 0.15) is 24.5 Å². The van der Waals surface area contributed by atoms with Crippen molar-refractivity contribution >= 4 is 73.9 Å². The lowest BCUT2D eigenvalue weighted by Crippen LogP contribution is -2.53. The van der Waals surface area contributed by atoms with E-state index in [0.717, 1.165) is 9.87 Å². The van der Waals surface area contributed by atoms with Gasteiger partial charge < -0.3 is 10.2 Å². The zero-order valence-electron chi connectivity index (χ0n) is 24.3. The molecule has 1 unspecified atom stereocenters. The molecule has 0 aliphatic rings. The van der Waals surface area contributed by atoms with Gasteiger partial charge in [0.15, 0.2) is 0 Å². The molecule has 12 heteroatoms. The van der Waals surface area contributed by atoms with E-state index in [1.54, 1.807) is 36.4 Å². The summed E-state index contributed by atoms with van der Waals surface area (Å²) in [6, 6.07) is 25.2. The number of sulfonamides is 1. The normalized spacial score (nSPS) is 11.9. The van der Waals surface area contributed by atoms with Crippen LogP contribution in [-0.4, -0.2) is 44.3 Å². The minimum Gasteiger partial charge on any atom is -0.354 e. The van der Waals surface area contributed by atoms with Gasteiger partial charge in [0, 0.05) is 24.5 Å². The summed E-state index contributed by atoms with van der Waals surface area (Å²) < 4.78 is 29.1. The summed E-state index contributed by atoms with van der Waals surface area (Å²) in [6.45, 7) is 1.60. The van der Waals surface area contributed by atoms with Gasteiger partial charge in [0.05, 0.1) is 25.7 Å². The Kier molecular flexibility index (Phi) is 12.2. The fourth-order valence-electron chi connectivity index (χ4n) is 4.67. The number of halogens is 4. The van der Waals surface area contributed by atoms with Gasteiger partial charge in [-0.15, -0.1) is 0 Å². The molecule has 4 rings (SSSR count). The molecule has 0 radical (unpaired) electrons. The van der Waals surface area contributed by atoms with Gasteiger partial charge in [0.25, 0.3) is 10.0 Å². The average Bonchev–Trinajstić information content (AvgIpc) is 3.03. The van der Waals surface area contributed by atoms with Gasteiger partial charge in [-0.1, -0.05) is 108 Å². The molecule has 0 bridgehead atoms. The first-order valence-electron chi connectivity index (χ1n) is 14.1. The Balaban J connectivity index is 1.82. The number of anilines is 1. The van der Waals surface area contributed by atoms with Gasteiger partial charge in [-0.05, 0) is 60.0 Å². The molecule has 0 aliphatic carbocycles. The van der Waals surface area contributed by atoms with E-state index in [-0.39, 0.29) is 39.5 Å². The van der Waals surface area contributed by atoms with Crippen molar-refractivity contribution in [1.82, 2.24) is 10.2 Å². The molecule has 1 atom stereocenters. The van der Waals surface area contributed by atoms with Gasteiger partial charge in [-0.3, -0.25) is 13.9 Å². The number of hydrogen-bond acceptors (Lipinski definition) is 4. The molecule has 236 valence electrons. The maximum atomic E-state index is 14.5. The molecule has 0 saturated carbocycles. The highest BCUT2D eigenvalue weighted by atomic mass is 35.5. The lowest BCUT2D eigenvalue weighted by molar-refractivity contribution is -0.140. The Bertz CT molecular complexity index is 1740. The van der Waals surface area contributed by atoms with Crippen LogP contribution in [0.4, 0.5) is 5.69 Å². The fourth-order valence-corrected chi connectivity index (χ4v) is 7.01. The highest BCUT2D eigenvalue weighted by Crippen LogP contribution is 2.33. The van der Waals surface area contributed by atoms with Crippen molar-refractivity contribution in [2.75, 3.05) is 17.4 Å². The second-order valence-electron chi connectivity index (χ2n) is 10.2. The number of hydrogen-bond donors (Lipinski definition) is 1. The first-order chi connectivity index (χ1) is 21.5. The summed E-state index contributed by atoms with van der Waals surface area (Å²) in [5.41, 5.74) is 1.47. The van der Waals surface area contributed by atoms with Crippen molar-refractivity contribution in [2.45, 2.75) is 37.2 Å². The van der Waals surface area contributed by atoms with Gasteiger partial charge in [0.2, 0.25) is 11.8 Å². The third kappa shape index (κ3) is 8.93. The van der Waals surface area contributed by atoms with E-state index in [2.05, 4.69) is 5.32 Å². The van der Waals surface area contributed by atoms with Crippen molar-refractivity contribution in [3.8, 4) is 0 Å². The largest absolute Gasteiger partial charge is 0.354 e. The number of nitrogens with zero attached hydrogens (tertiary/aromatic N) is 2. The molecule has 1 N–H and O–H groups in total. The summed E-state index contributed by atoms with van der Waals surface area (Å²) in [4.78, 5) is 29.5. The highest BCUT2D eigenvalue weighted by molar-refractivity contribution is 7.92. The summed E-state index contributed by atoms with van der Waals surface area (Å²) in [5, 5.41) is 3.84. The first-order valence-corrected chi connectivity index (χ1v) is 17.0. The van der Waals surface area contributed by atoms with Crippen LogP contribution in [0.25, 0.3) is 0 Å². The zero-order chi connectivity index (χ0) is 32.6. The Morgan fingerprint density at radius 2 is 1.44 bits per heavy atom. The third-order valence-electron chi connectivity index (χ3n) is 6.95. The number of amides is 2. The van der Waals surface area contributed by atoms with Crippen molar-refractivity contribution in [3.63, 3.8) is 0 Å². The molecule has 0 fully saturated rings. The van der Waals surface area contributed by atoms with Crippen LogP contribution in [0, 0.1) is 0 Å². The molecular formula is C33H31Cl4N3O4S. The highest BCUT2D eigenvalue weighted by Gasteiger charge is 2.35.